The molecule has 0 aromatic heterocycles. The predicted octanol–water partition coefficient (Wildman–Crippen LogP) is 3.08. The molecule has 3 heteroatoms. The van der Waals surface area contributed by atoms with Gasteiger partial charge < -0.3 is 4.74 Å². The molecule has 1 heterocycles. The number of carbonyl (C=O) groups is 1. The Bertz CT molecular complexity index is 541. The number of hydrogen-bond acceptors (Lipinski definition) is 3. The van der Waals surface area contributed by atoms with Crippen LogP contribution in [0.4, 0.5) is 0 Å². The first-order chi connectivity index (χ1) is 10.7. The summed E-state index contributed by atoms with van der Waals surface area (Å²) in [5, 5.41) is 0. The molecule has 2 fully saturated rings. The molecule has 118 valence electrons. The van der Waals surface area contributed by atoms with Gasteiger partial charge in [0, 0.05) is 25.6 Å². The Labute approximate surface area is 133 Å². The summed E-state index contributed by atoms with van der Waals surface area (Å²) in [6.07, 6.45) is 5.17. The third kappa shape index (κ3) is 3.84. The zero-order chi connectivity index (χ0) is 15.4. The lowest BCUT2D eigenvalue weighted by Crippen LogP contribution is -2.42. The molecule has 1 aliphatic carbocycles. The van der Waals surface area contributed by atoms with Crippen LogP contribution in [0.15, 0.2) is 29.8 Å². The van der Waals surface area contributed by atoms with Gasteiger partial charge in [0.1, 0.15) is 0 Å². The molecule has 1 atom stereocenters. The van der Waals surface area contributed by atoms with E-state index in [1.807, 2.05) is 0 Å². The highest BCUT2D eigenvalue weighted by Crippen LogP contribution is 2.28. The largest absolute Gasteiger partial charge is 0.379 e. The van der Waals surface area contributed by atoms with Crippen molar-refractivity contribution in [3.05, 3.63) is 41.0 Å². The molecule has 0 amide bonds. The fourth-order valence-corrected chi connectivity index (χ4v) is 3.33. The molecular formula is C19H25NO2. The topological polar surface area (TPSA) is 29.5 Å². The van der Waals surface area contributed by atoms with Crippen LogP contribution >= 0.6 is 0 Å². The van der Waals surface area contributed by atoms with Gasteiger partial charge in [0.25, 0.3) is 0 Å². The molecule has 1 aromatic carbocycles. The number of carbonyl (C=O) groups excluding carboxylic acids is 1. The molecule has 0 spiro atoms. The first-order valence-corrected chi connectivity index (χ1v) is 8.34. The number of benzene rings is 1. The summed E-state index contributed by atoms with van der Waals surface area (Å²) in [6, 6.07) is 8.40. The molecule has 1 saturated carbocycles. The van der Waals surface area contributed by atoms with Crippen molar-refractivity contribution in [2.45, 2.75) is 26.2 Å². The smallest absolute Gasteiger partial charge is 0.163 e. The summed E-state index contributed by atoms with van der Waals surface area (Å²) in [5.74, 6) is 0.530. The van der Waals surface area contributed by atoms with E-state index in [1.54, 1.807) is 0 Å². The minimum absolute atomic E-state index is 0.170. The highest BCUT2D eigenvalue weighted by Gasteiger charge is 2.28. The average molecular weight is 299 g/mol. The molecule has 2 aliphatic rings. The van der Waals surface area contributed by atoms with E-state index in [4.69, 9.17) is 4.74 Å². The Kier molecular flexibility index (Phi) is 5.06. The lowest BCUT2D eigenvalue weighted by atomic mass is 9.83. The Morgan fingerprint density at radius 2 is 1.95 bits per heavy atom. The SMILES string of the molecule is Cc1ccc(C=C2CCCC(CN3CCOCC3)C2=O)cc1. The maximum Gasteiger partial charge on any atom is 0.163 e. The van der Waals surface area contributed by atoms with E-state index < -0.39 is 0 Å². The summed E-state index contributed by atoms with van der Waals surface area (Å²) in [5.41, 5.74) is 3.40. The maximum atomic E-state index is 12.7. The Balaban J connectivity index is 1.67. The Hall–Kier alpha value is -1.45. The summed E-state index contributed by atoms with van der Waals surface area (Å²) in [6.45, 7) is 6.50. The molecule has 3 nitrogen and oxygen atoms in total. The minimum atomic E-state index is 0.170. The molecular weight excluding hydrogens is 274 g/mol. The summed E-state index contributed by atoms with van der Waals surface area (Å²) in [7, 11) is 0. The van der Waals surface area contributed by atoms with Gasteiger partial charge in [-0.05, 0) is 43.4 Å². The molecule has 0 N–H and O–H groups in total. The van der Waals surface area contributed by atoms with Crippen LogP contribution < -0.4 is 0 Å². The van der Waals surface area contributed by atoms with Crippen LogP contribution in [0, 0.1) is 12.8 Å². The van der Waals surface area contributed by atoms with Crippen molar-refractivity contribution in [1.29, 1.82) is 0 Å². The van der Waals surface area contributed by atoms with E-state index >= 15 is 0 Å². The van der Waals surface area contributed by atoms with Crippen LogP contribution in [0.2, 0.25) is 0 Å². The highest BCUT2D eigenvalue weighted by atomic mass is 16.5. The maximum absolute atomic E-state index is 12.7. The third-order valence-corrected chi connectivity index (χ3v) is 4.69. The molecule has 1 saturated heterocycles. The first-order valence-electron chi connectivity index (χ1n) is 8.34. The zero-order valence-corrected chi connectivity index (χ0v) is 13.4. The number of Topliss-reactive ketones (excluding diaryl/α,β-unsaturated/α-hetero) is 1. The van der Waals surface area contributed by atoms with E-state index in [0.717, 1.165) is 63.2 Å². The number of rotatable bonds is 3. The van der Waals surface area contributed by atoms with E-state index in [2.05, 4.69) is 42.2 Å². The Morgan fingerprint density at radius 1 is 1.23 bits per heavy atom. The normalized spacial score (nSPS) is 25.6. The summed E-state index contributed by atoms with van der Waals surface area (Å²) < 4.78 is 5.39. The van der Waals surface area contributed by atoms with Crippen LogP contribution in [0.5, 0.6) is 0 Å². The van der Waals surface area contributed by atoms with Crippen molar-refractivity contribution in [2.75, 3.05) is 32.8 Å². The molecule has 0 radical (unpaired) electrons. The van der Waals surface area contributed by atoms with Gasteiger partial charge in [-0.1, -0.05) is 29.8 Å². The number of allylic oxidation sites excluding steroid dienone is 1. The molecule has 1 aromatic rings. The molecule has 22 heavy (non-hydrogen) atoms. The molecule has 1 unspecified atom stereocenters. The number of hydrogen-bond donors (Lipinski definition) is 0. The van der Waals surface area contributed by atoms with E-state index in [0.29, 0.717) is 5.78 Å². The fourth-order valence-electron chi connectivity index (χ4n) is 3.33. The number of aryl methyl sites for hydroxylation is 1. The fraction of sp³-hybridized carbons (Fsp3) is 0.526. The summed E-state index contributed by atoms with van der Waals surface area (Å²) in [4.78, 5) is 15.1. The second kappa shape index (κ2) is 7.21. The van der Waals surface area contributed by atoms with Crippen LogP contribution in [0.3, 0.4) is 0 Å². The standard InChI is InChI=1S/C19H25NO2/c1-15-5-7-16(8-6-15)13-17-3-2-4-18(19(17)21)14-20-9-11-22-12-10-20/h5-8,13,18H,2-4,9-12,14H2,1H3. The van der Waals surface area contributed by atoms with E-state index in [1.165, 1.54) is 5.56 Å². The van der Waals surface area contributed by atoms with Crippen molar-refractivity contribution < 1.29 is 9.53 Å². The second-order valence-electron chi connectivity index (χ2n) is 6.45. The van der Waals surface area contributed by atoms with Gasteiger partial charge in [0.15, 0.2) is 5.78 Å². The van der Waals surface area contributed by atoms with Crippen molar-refractivity contribution >= 4 is 11.9 Å². The van der Waals surface area contributed by atoms with Crippen LogP contribution in [0.1, 0.15) is 30.4 Å². The zero-order valence-electron chi connectivity index (χ0n) is 13.4. The monoisotopic (exact) mass is 299 g/mol. The first kappa shape index (κ1) is 15.4. The summed E-state index contributed by atoms with van der Waals surface area (Å²) >= 11 is 0. The van der Waals surface area contributed by atoms with Gasteiger partial charge in [0.2, 0.25) is 0 Å². The van der Waals surface area contributed by atoms with Gasteiger partial charge in [0.05, 0.1) is 13.2 Å². The van der Waals surface area contributed by atoms with Gasteiger partial charge in [-0.25, -0.2) is 0 Å². The lowest BCUT2D eigenvalue weighted by molar-refractivity contribution is -0.121. The molecule has 1 aliphatic heterocycles. The second-order valence-corrected chi connectivity index (χ2v) is 6.45. The molecule has 0 bridgehead atoms. The lowest BCUT2D eigenvalue weighted by Gasteiger charge is -2.32. The van der Waals surface area contributed by atoms with E-state index in [9.17, 15) is 4.79 Å². The number of morpholine rings is 1. The van der Waals surface area contributed by atoms with Gasteiger partial charge in [-0.2, -0.15) is 0 Å². The van der Waals surface area contributed by atoms with Crippen molar-refractivity contribution in [3.8, 4) is 0 Å². The van der Waals surface area contributed by atoms with Gasteiger partial charge in [-0.15, -0.1) is 0 Å². The predicted molar refractivity (Wildman–Crippen MR) is 88.8 cm³/mol. The van der Waals surface area contributed by atoms with Crippen molar-refractivity contribution in [3.63, 3.8) is 0 Å². The minimum Gasteiger partial charge on any atom is -0.379 e. The number of nitrogens with zero attached hydrogens (tertiary/aromatic N) is 1. The third-order valence-electron chi connectivity index (χ3n) is 4.69. The Morgan fingerprint density at radius 3 is 2.68 bits per heavy atom. The number of ether oxygens (including phenoxy) is 1. The van der Waals surface area contributed by atoms with Gasteiger partial charge in [-0.3, -0.25) is 9.69 Å². The quantitative estimate of drug-likeness (QED) is 0.803. The molecule has 3 rings (SSSR count). The van der Waals surface area contributed by atoms with Gasteiger partial charge >= 0.3 is 0 Å². The van der Waals surface area contributed by atoms with Crippen LogP contribution in [0.25, 0.3) is 6.08 Å². The van der Waals surface area contributed by atoms with Crippen molar-refractivity contribution in [1.82, 2.24) is 4.90 Å². The highest BCUT2D eigenvalue weighted by molar-refractivity contribution is 6.01. The average Bonchev–Trinajstić information content (AvgIpc) is 2.54. The van der Waals surface area contributed by atoms with Crippen LogP contribution in [-0.2, 0) is 9.53 Å². The van der Waals surface area contributed by atoms with Crippen molar-refractivity contribution in [2.24, 2.45) is 5.92 Å². The van der Waals surface area contributed by atoms with Crippen LogP contribution in [-0.4, -0.2) is 43.5 Å². The number of ketones is 1. The van der Waals surface area contributed by atoms with E-state index in [-0.39, 0.29) is 5.92 Å².